The van der Waals surface area contributed by atoms with Crippen molar-refractivity contribution in [3.63, 3.8) is 0 Å². The summed E-state index contributed by atoms with van der Waals surface area (Å²) in [6.45, 7) is 10.6. The van der Waals surface area contributed by atoms with Crippen LogP contribution in [0.15, 0.2) is 43.5 Å². The molecule has 2 unspecified atom stereocenters. The third kappa shape index (κ3) is 6.99. The molecule has 0 saturated carbocycles. The van der Waals surface area contributed by atoms with Crippen LogP contribution in [0.25, 0.3) is 0 Å². The van der Waals surface area contributed by atoms with Crippen LogP contribution < -0.4 is 4.74 Å². The first-order valence-corrected chi connectivity index (χ1v) is 9.92. The van der Waals surface area contributed by atoms with Gasteiger partial charge in [-0.25, -0.2) is 0 Å². The van der Waals surface area contributed by atoms with Crippen molar-refractivity contribution in [2.24, 2.45) is 0 Å². The summed E-state index contributed by atoms with van der Waals surface area (Å²) in [5.74, 6) is 6.20. The van der Waals surface area contributed by atoms with Gasteiger partial charge in [0, 0.05) is 24.2 Å². The molecule has 1 aromatic rings. The summed E-state index contributed by atoms with van der Waals surface area (Å²) in [7, 11) is 0. The largest absolute Gasteiger partial charge is 0.489 e. The smallest absolute Gasteiger partial charge is 0.236 e. The van der Waals surface area contributed by atoms with Crippen LogP contribution in [0.1, 0.15) is 54.9 Å². The Kier molecular flexibility index (Phi) is 9.54. The number of rotatable bonds is 10. The second-order valence-electron chi connectivity index (χ2n) is 6.79. The molecule has 2 rings (SSSR count). The minimum absolute atomic E-state index is 0.0551. The molecule has 1 heterocycles. The third-order valence-corrected chi connectivity index (χ3v) is 4.48. The summed E-state index contributed by atoms with van der Waals surface area (Å²) < 4.78 is 17.1. The van der Waals surface area contributed by atoms with Crippen LogP contribution in [0.3, 0.4) is 0 Å². The highest BCUT2D eigenvalue weighted by molar-refractivity contribution is 6.10. The molecule has 0 amide bonds. The van der Waals surface area contributed by atoms with Crippen molar-refractivity contribution < 1.29 is 19.0 Å². The molecule has 1 fully saturated rings. The van der Waals surface area contributed by atoms with E-state index in [4.69, 9.17) is 14.2 Å². The lowest BCUT2D eigenvalue weighted by Crippen LogP contribution is -2.26. The van der Waals surface area contributed by atoms with Gasteiger partial charge in [-0.15, -0.1) is 6.58 Å². The van der Waals surface area contributed by atoms with Crippen molar-refractivity contribution in [3.05, 3.63) is 54.6 Å². The quantitative estimate of drug-likeness (QED) is 0.250. The number of benzene rings is 1. The number of carbonyl (C=O) groups excluding carboxylic acids is 1. The van der Waals surface area contributed by atoms with Crippen LogP contribution in [0.2, 0.25) is 0 Å². The van der Waals surface area contributed by atoms with Gasteiger partial charge in [-0.2, -0.15) is 0 Å². The first-order valence-electron chi connectivity index (χ1n) is 9.92. The standard InChI is InChI=1S/C24H30O4/c1-4-11-21-20(13-10-15-23(21)26-17-5-2)22(25)14-7-6-12-19(3)28-24-16-8-9-18-27-24/h4-5,10,13,15,19,24H,1-2,6,8-9,11-12,16-18H2,3H3. The van der Waals surface area contributed by atoms with Crippen molar-refractivity contribution in [3.8, 4) is 17.6 Å². The zero-order valence-electron chi connectivity index (χ0n) is 16.7. The first-order chi connectivity index (χ1) is 13.7. The summed E-state index contributed by atoms with van der Waals surface area (Å²) in [5.41, 5.74) is 1.37. The molecule has 0 radical (unpaired) electrons. The van der Waals surface area contributed by atoms with Gasteiger partial charge in [0.1, 0.15) is 12.4 Å². The van der Waals surface area contributed by atoms with Gasteiger partial charge in [-0.3, -0.25) is 4.79 Å². The van der Waals surface area contributed by atoms with Crippen LogP contribution in [-0.4, -0.2) is 31.4 Å². The first kappa shape index (κ1) is 21.9. The van der Waals surface area contributed by atoms with Crippen LogP contribution in [0.4, 0.5) is 0 Å². The molecule has 0 N–H and O–H groups in total. The molecule has 0 aliphatic carbocycles. The lowest BCUT2D eigenvalue weighted by molar-refractivity contribution is -0.185. The molecule has 150 valence electrons. The van der Waals surface area contributed by atoms with Gasteiger partial charge in [0.15, 0.2) is 6.29 Å². The van der Waals surface area contributed by atoms with Crippen molar-refractivity contribution in [2.45, 2.75) is 57.8 Å². The van der Waals surface area contributed by atoms with Crippen molar-refractivity contribution in [1.29, 1.82) is 0 Å². The molecule has 4 heteroatoms. The van der Waals surface area contributed by atoms with E-state index in [-0.39, 0.29) is 18.2 Å². The molecule has 0 aromatic heterocycles. The topological polar surface area (TPSA) is 44.8 Å². The Morgan fingerprint density at radius 2 is 2.21 bits per heavy atom. The Morgan fingerprint density at radius 1 is 1.36 bits per heavy atom. The summed E-state index contributed by atoms with van der Waals surface area (Å²) in [6.07, 6.45) is 8.50. The average Bonchev–Trinajstić information content (AvgIpc) is 2.71. The van der Waals surface area contributed by atoms with Gasteiger partial charge in [-0.05, 0) is 57.1 Å². The highest BCUT2D eigenvalue weighted by atomic mass is 16.7. The van der Waals surface area contributed by atoms with E-state index in [9.17, 15) is 4.79 Å². The summed E-state index contributed by atoms with van der Waals surface area (Å²) in [4.78, 5) is 12.6. The molecule has 0 spiro atoms. The number of hydrogen-bond acceptors (Lipinski definition) is 4. The second kappa shape index (κ2) is 12.2. The van der Waals surface area contributed by atoms with E-state index in [0.29, 0.717) is 30.8 Å². The number of Topliss-reactive ketones (excluding diaryl/α,β-unsaturated/α-hetero) is 1. The number of ether oxygens (including phenoxy) is 3. The highest BCUT2D eigenvalue weighted by Gasteiger charge is 2.17. The SMILES string of the molecule is C=CCOc1cccc(C(=O)C#CCCC(C)OC2CCCCO2)c1CC=C. The van der Waals surface area contributed by atoms with Crippen LogP contribution in [0.5, 0.6) is 5.75 Å². The van der Waals surface area contributed by atoms with E-state index in [1.54, 1.807) is 24.3 Å². The normalized spacial score (nSPS) is 17.1. The van der Waals surface area contributed by atoms with Crippen molar-refractivity contribution in [1.82, 2.24) is 0 Å². The van der Waals surface area contributed by atoms with Gasteiger partial charge in [0.25, 0.3) is 0 Å². The van der Waals surface area contributed by atoms with Crippen molar-refractivity contribution >= 4 is 5.78 Å². The second-order valence-corrected chi connectivity index (χ2v) is 6.79. The van der Waals surface area contributed by atoms with Gasteiger partial charge in [0.2, 0.25) is 5.78 Å². The maximum absolute atomic E-state index is 12.6. The van der Waals surface area contributed by atoms with E-state index in [1.165, 1.54) is 0 Å². The van der Waals surface area contributed by atoms with Crippen LogP contribution in [0, 0.1) is 11.8 Å². The maximum Gasteiger partial charge on any atom is 0.236 e. The van der Waals surface area contributed by atoms with E-state index >= 15 is 0 Å². The Labute approximate surface area is 168 Å². The summed E-state index contributed by atoms with van der Waals surface area (Å²) in [6, 6.07) is 5.43. The predicted molar refractivity (Wildman–Crippen MR) is 112 cm³/mol. The average molecular weight is 383 g/mol. The van der Waals surface area contributed by atoms with E-state index in [0.717, 1.165) is 37.9 Å². The monoisotopic (exact) mass is 382 g/mol. The van der Waals surface area contributed by atoms with Gasteiger partial charge < -0.3 is 14.2 Å². The molecule has 28 heavy (non-hydrogen) atoms. The van der Waals surface area contributed by atoms with E-state index < -0.39 is 0 Å². The fraction of sp³-hybridized carbons (Fsp3) is 0.458. The summed E-state index contributed by atoms with van der Waals surface area (Å²) in [5, 5.41) is 0. The number of ketones is 1. The number of allylic oxidation sites excluding steroid dienone is 1. The minimum atomic E-state index is -0.204. The van der Waals surface area contributed by atoms with Gasteiger partial charge in [-0.1, -0.05) is 30.7 Å². The van der Waals surface area contributed by atoms with Gasteiger partial charge in [0.05, 0.1) is 6.10 Å². The molecule has 4 nitrogen and oxygen atoms in total. The molecule has 1 aromatic carbocycles. The fourth-order valence-corrected chi connectivity index (χ4v) is 3.05. The molecule has 1 saturated heterocycles. The molecule has 0 bridgehead atoms. The van der Waals surface area contributed by atoms with Crippen LogP contribution >= 0.6 is 0 Å². The Hall–Kier alpha value is -2.35. The minimum Gasteiger partial charge on any atom is -0.489 e. The third-order valence-electron chi connectivity index (χ3n) is 4.48. The highest BCUT2D eigenvalue weighted by Crippen LogP contribution is 2.24. The zero-order valence-corrected chi connectivity index (χ0v) is 16.7. The zero-order chi connectivity index (χ0) is 20.2. The molecule has 2 atom stereocenters. The number of hydrogen-bond donors (Lipinski definition) is 0. The predicted octanol–water partition coefficient (Wildman–Crippen LogP) is 4.88. The van der Waals surface area contributed by atoms with Gasteiger partial charge >= 0.3 is 0 Å². The molecular weight excluding hydrogens is 352 g/mol. The van der Waals surface area contributed by atoms with E-state index in [1.807, 2.05) is 13.0 Å². The lowest BCUT2D eigenvalue weighted by Gasteiger charge is -2.25. The molecular formula is C24H30O4. The Morgan fingerprint density at radius 3 is 2.93 bits per heavy atom. The van der Waals surface area contributed by atoms with E-state index in [2.05, 4.69) is 25.0 Å². The Bertz CT molecular complexity index is 720. The van der Waals surface area contributed by atoms with Crippen LogP contribution in [-0.2, 0) is 15.9 Å². The maximum atomic E-state index is 12.6. The van der Waals surface area contributed by atoms with Crippen molar-refractivity contribution in [2.75, 3.05) is 13.2 Å². The fourth-order valence-electron chi connectivity index (χ4n) is 3.05. The number of carbonyl (C=O) groups is 1. The molecule has 1 aliphatic rings. The summed E-state index contributed by atoms with van der Waals surface area (Å²) >= 11 is 0. The Balaban J connectivity index is 1.93. The molecule has 1 aliphatic heterocycles. The lowest BCUT2D eigenvalue weighted by atomic mass is 9.99.